The second kappa shape index (κ2) is 6.22. The van der Waals surface area contributed by atoms with Crippen molar-refractivity contribution in [3.05, 3.63) is 45.1 Å². The molecule has 0 unspecified atom stereocenters. The smallest absolute Gasteiger partial charge is 0.264 e. The normalized spacial score (nSPS) is 11.8. The molecule has 1 aromatic carbocycles. The van der Waals surface area contributed by atoms with E-state index in [9.17, 15) is 12.8 Å². The third-order valence-electron chi connectivity index (χ3n) is 2.67. The van der Waals surface area contributed by atoms with Crippen molar-refractivity contribution >= 4 is 33.1 Å². The van der Waals surface area contributed by atoms with E-state index in [-0.39, 0.29) is 6.61 Å². The van der Waals surface area contributed by atoms with Crippen LogP contribution in [0.15, 0.2) is 29.6 Å². The molecule has 0 saturated heterocycles. The highest BCUT2D eigenvalue weighted by molar-refractivity contribution is 7.85. The van der Waals surface area contributed by atoms with Crippen LogP contribution in [0.1, 0.15) is 10.4 Å². The first kappa shape index (κ1) is 15.4. The van der Waals surface area contributed by atoms with E-state index in [1.165, 1.54) is 11.3 Å². The number of alkyl halides is 1. The van der Waals surface area contributed by atoms with E-state index < -0.39 is 16.8 Å². The minimum Gasteiger partial charge on any atom is -0.265 e. The molecule has 0 saturated carbocycles. The lowest BCUT2D eigenvalue weighted by atomic mass is 10.0. The van der Waals surface area contributed by atoms with E-state index in [1.54, 1.807) is 29.6 Å². The lowest BCUT2D eigenvalue weighted by Gasteiger charge is -2.07. The molecule has 0 fully saturated rings. The van der Waals surface area contributed by atoms with Crippen LogP contribution in [0.5, 0.6) is 0 Å². The molecule has 0 spiro atoms. The molecule has 1 aromatic heterocycles. The topological polar surface area (TPSA) is 43.4 Å². The van der Waals surface area contributed by atoms with E-state index in [4.69, 9.17) is 15.8 Å². The Labute approximate surface area is 126 Å². The van der Waals surface area contributed by atoms with Gasteiger partial charge in [-0.05, 0) is 28.6 Å². The molecule has 1 heterocycles. The number of benzene rings is 1. The van der Waals surface area contributed by atoms with Gasteiger partial charge in [-0.15, -0.1) is 11.3 Å². The van der Waals surface area contributed by atoms with Crippen LogP contribution in [-0.2, 0) is 27.6 Å². The average Bonchev–Trinajstić information content (AvgIpc) is 2.79. The maximum absolute atomic E-state index is 13.0. The second-order valence-electron chi connectivity index (χ2n) is 4.16. The zero-order valence-electron chi connectivity index (χ0n) is 10.6. The lowest BCUT2D eigenvalue weighted by Crippen LogP contribution is -2.04. The Balaban J connectivity index is 2.38. The Hall–Kier alpha value is -0.950. The summed E-state index contributed by atoms with van der Waals surface area (Å²) in [5.41, 5.74) is 2.17. The zero-order valence-corrected chi connectivity index (χ0v) is 13.0. The molecule has 20 heavy (non-hydrogen) atoms. The van der Waals surface area contributed by atoms with Crippen molar-refractivity contribution < 1.29 is 17.0 Å². The van der Waals surface area contributed by atoms with Gasteiger partial charge in [-0.3, -0.25) is 4.18 Å². The number of halogens is 2. The minimum atomic E-state index is -3.57. The molecule has 3 nitrogen and oxygen atoms in total. The van der Waals surface area contributed by atoms with Gasteiger partial charge in [0, 0.05) is 15.5 Å². The number of hydrogen-bond acceptors (Lipinski definition) is 4. The first-order valence-electron chi connectivity index (χ1n) is 5.66. The predicted octanol–water partition coefficient (Wildman–Crippen LogP) is 4.01. The molecule has 0 N–H and O–H groups in total. The van der Waals surface area contributed by atoms with Crippen LogP contribution in [0.3, 0.4) is 0 Å². The summed E-state index contributed by atoms with van der Waals surface area (Å²) in [6.45, 7) is -0.819. The molecule has 0 bridgehead atoms. The largest absolute Gasteiger partial charge is 0.265 e. The Morgan fingerprint density at radius 3 is 2.50 bits per heavy atom. The lowest BCUT2D eigenvalue weighted by molar-refractivity contribution is 0.310. The van der Waals surface area contributed by atoms with Gasteiger partial charge in [0.2, 0.25) is 0 Å². The van der Waals surface area contributed by atoms with E-state index in [0.29, 0.717) is 15.5 Å². The van der Waals surface area contributed by atoms with Gasteiger partial charge in [0.1, 0.15) is 6.67 Å². The number of hydrogen-bond donors (Lipinski definition) is 0. The van der Waals surface area contributed by atoms with Crippen LogP contribution < -0.4 is 0 Å². The van der Waals surface area contributed by atoms with Gasteiger partial charge in [0.05, 0.1) is 12.9 Å². The van der Waals surface area contributed by atoms with E-state index in [2.05, 4.69) is 0 Å². The monoisotopic (exact) mass is 334 g/mol. The highest BCUT2D eigenvalue weighted by atomic mass is 35.5. The Kier molecular flexibility index (Phi) is 4.80. The molecule has 0 amide bonds. The van der Waals surface area contributed by atoms with Crippen LogP contribution in [0.25, 0.3) is 11.1 Å². The van der Waals surface area contributed by atoms with Crippen molar-refractivity contribution in [3.63, 3.8) is 0 Å². The van der Waals surface area contributed by atoms with Crippen molar-refractivity contribution in [2.75, 3.05) is 6.26 Å². The van der Waals surface area contributed by atoms with Gasteiger partial charge in [-0.1, -0.05) is 23.7 Å². The zero-order chi connectivity index (χ0) is 14.8. The van der Waals surface area contributed by atoms with Crippen LogP contribution in [0.2, 0.25) is 5.02 Å². The predicted molar refractivity (Wildman–Crippen MR) is 79.2 cm³/mol. The quantitative estimate of drug-likeness (QED) is 0.776. The molecule has 2 aromatic rings. The summed E-state index contributed by atoms with van der Waals surface area (Å²) < 4.78 is 39.9. The summed E-state index contributed by atoms with van der Waals surface area (Å²) >= 11 is 7.07. The third-order valence-corrected chi connectivity index (χ3v) is 4.47. The maximum atomic E-state index is 13.0. The minimum absolute atomic E-state index is 0.167. The maximum Gasteiger partial charge on any atom is 0.264 e. The van der Waals surface area contributed by atoms with Crippen molar-refractivity contribution in [1.82, 2.24) is 0 Å². The molecule has 108 valence electrons. The van der Waals surface area contributed by atoms with Gasteiger partial charge in [0.15, 0.2) is 0 Å². The highest BCUT2D eigenvalue weighted by Crippen LogP contribution is 2.33. The molecular weight excluding hydrogens is 323 g/mol. The molecule has 0 aliphatic heterocycles. The van der Waals surface area contributed by atoms with Crippen LogP contribution in [0.4, 0.5) is 4.39 Å². The second-order valence-corrected chi connectivity index (χ2v) is 7.20. The fourth-order valence-corrected chi connectivity index (χ4v) is 3.10. The molecule has 0 radical (unpaired) electrons. The van der Waals surface area contributed by atoms with Crippen molar-refractivity contribution in [2.24, 2.45) is 0 Å². The van der Waals surface area contributed by atoms with Crippen LogP contribution in [-0.4, -0.2) is 14.7 Å². The fraction of sp³-hybridized carbons (Fsp3) is 0.231. The summed E-state index contributed by atoms with van der Waals surface area (Å²) in [6.07, 6.45) is 0.969. The van der Waals surface area contributed by atoms with Gasteiger partial charge in [-0.2, -0.15) is 8.42 Å². The van der Waals surface area contributed by atoms with Gasteiger partial charge >= 0.3 is 0 Å². The molecule has 0 aliphatic carbocycles. The summed E-state index contributed by atoms with van der Waals surface area (Å²) in [4.78, 5) is 0.471. The van der Waals surface area contributed by atoms with Crippen molar-refractivity contribution in [1.29, 1.82) is 0 Å². The van der Waals surface area contributed by atoms with E-state index in [0.717, 1.165) is 17.4 Å². The van der Waals surface area contributed by atoms with Crippen LogP contribution >= 0.6 is 22.9 Å². The SMILES string of the molecule is CS(=O)(=O)OCc1c(-c2ccc(Cl)cc2)csc1CF. The molecule has 2 rings (SSSR count). The van der Waals surface area contributed by atoms with E-state index in [1.807, 2.05) is 0 Å². The van der Waals surface area contributed by atoms with E-state index >= 15 is 0 Å². The third kappa shape index (κ3) is 3.79. The summed E-state index contributed by atoms with van der Waals surface area (Å²) in [6, 6.07) is 7.06. The average molecular weight is 335 g/mol. The highest BCUT2D eigenvalue weighted by Gasteiger charge is 2.15. The molecule has 7 heteroatoms. The van der Waals surface area contributed by atoms with Crippen LogP contribution in [0, 0.1) is 0 Å². The van der Waals surface area contributed by atoms with Crippen molar-refractivity contribution in [2.45, 2.75) is 13.3 Å². The van der Waals surface area contributed by atoms with Crippen molar-refractivity contribution in [3.8, 4) is 11.1 Å². The summed E-state index contributed by atoms with van der Waals surface area (Å²) in [7, 11) is -3.57. The van der Waals surface area contributed by atoms with Gasteiger partial charge in [-0.25, -0.2) is 4.39 Å². The summed E-state index contributed by atoms with van der Waals surface area (Å²) in [5, 5.41) is 2.39. The number of thiophene rings is 1. The Morgan fingerprint density at radius 1 is 1.30 bits per heavy atom. The van der Waals surface area contributed by atoms with Gasteiger partial charge in [0.25, 0.3) is 10.1 Å². The molecule has 0 aliphatic rings. The first-order chi connectivity index (χ1) is 9.40. The Bertz CT molecular complexity index is 693. The van der Waals surface area contributed by atoms with Gasteiger partial charge < -0.3 is 0 Å². The Morgan fingerprint density at radius 2 is 1.95 bits per heavy atom. The fourth-order valence-electron chi connectivity index (χ4n) is 1.73. The molecular formula is C13H12ClFO3S2. The summed E-state index contributed by atoms with van der Waals surface area (Å²) in [5.74, 6) is 0. The standard InChI is InChI=1S/C13H12ClFO3S2/c1-20(16,17)18-7-11-12(8-19-13(11)6-15)9-2-4-10(14)5-3-9/h2-5,8H,6-7H2,1H3. The molecule has 0 atom stereocenters. The first-order valence-corrected chi connectivity index (χ1v) is 8.73. The number of rotatable bonds is 5.